The van der Waals surface area contributed by atoms with Gasteiger partial charge in [-0.05, 0) is 65.6 Å². The molecule has 0 rings (SSSR count). The minimum Gasteiger partial charge on any atom is -0.444 e. The zero-order valence-electron chi connectivity index (χ0n) is 20.5. The molecule has 2 N–H and O–H groups in total. The number of nitrogens with one attached hydrogen (secondary N) is 2. The topological polar surface area (TPSA) is 69.2 Å². The number of nitrogens with zero attached hydrogens (tertiary/aromatic N) is 3. The Morgan fingerprint density at radius 2 is 1.72 bits per heavy atom. The normalized spacial score (nSPS) is 13.6. The Morgan fingerprint density at radius 1 is 1.10 bits per heavy atom. The average molecular weight is 414 g/mol. The van der Waals surface area contributed by atoms with Crippen molar-refractivity contribution in [1.29, 1.82) is 0 Å². The van der Waals surface area contributed by atoms with E-state index in [1.54, 1.807) is 0 Å². The Hall–Kier alpha value is -1.50. The number of ether oxygens (including phenoxy) is 1. The van der Waals surface area contributed by atoms with E-state index >= 15 is 0 Å². The summed E-state index contributed by atoms with van der Waals surface area (Å²) in [5.41, 5.74) is -0.486. The van der Waals surface area contributed by atoms with Gasteiger partial charge in [0.15, 0.2) is 5.96 Å². The summed E-state index contributed by atoms with van der Waals surface area (Å²) in [6, 6.07) is 0.0551. The predicted octanol–water partition coefficient (Wildman–Crippen LogP) is 3.56. The molecule has 0 aliphatic carbocycles. The van der Waals surface area contributed by atoms with Crippen LogP contribution in [0, 0.1) is 5.92 Å². The van der Waals surface area contributed by atoms with Crippen molar-refractivity contribution in [3.05, 3.63) is 0 Å². The van der Waals surface area contributed by atoms with Crippen LogP contribution in [0.15, 0.2) is 4.99 Å². The van der Waals surface area contributed by atoms with E-state index in [1.165, 1.54) is 6.42 Å². The summed E-state index contributed by atoms with van der Waals surface area (Å²) in [4.78, 5) is 21.1. The van der Waals surface area contributed by atoms with Gasteiger partial charge in [0.25, 0.3) is 0 Å². The second-order valence-electron chi connectivity index (χ2n) is 8.91. The van der Waals surface area contributed by atoms with Crippen molar-refractivity contribution >= 4 is 12.1 Å². The van der Waals surface area contributed by atoms with Gasteiger partial charge in [0, 0.05) is 33.2 Å². The van der Waals surface area contributed by atoms with Crippen molar-refractivity contribution in [2.24, 2.45) is 10.9 Å². The minimum atomic E-state index is -0.486. The molecular formula is C22H47N5O2. The van der Waals surface area contributed by atoms with Crippen LogP contribution in [-0.2, 0) is 4.74 Å². The number of aliphatic imine (C=N–C) groups is 1. The summed E-state index contributed by atoms with van der Waals surface area (Å²) >= 11 is 0. The molecule has 1 unspecified atom stereocenters. The van der Waals surface area contributed by atoms with Crippen LogP contribution in [0.1, 0.15) is 67.7 Å². The molecule has 0 aromatic heterocycles. The van der Waals surface area contributed by atoms with Crippen LogP contribution in [0.25, 0.3) is 0 Å². The fourth-order valence-electron chi connectivity index (χ4n) is 3.05. The second-order valence-corrected chi connectivity index (χ2v) is 8.91. The number of hydrogen-bond donors (Lipinski definition) is 2. The molecule has 0 aromatic carbocycles. The number of amides is 1. The van der Waals surface area contributed by atoms with Gasteiger partial charge in [0.1, 0.15) is 5.60 Å². The first-order valence-electron chi connectivity index (χ1n) is 11.2. The Morgan fingerprint density at radius 3 is 2.21 bits per heavy atom. The van der Waals surface area contributed by atoms with Gasteiger partial charge < -0.3 is 25.2 Å². The van der Waals surface area contributed by atoms with Crippen molar-refractivity contribution in [3.8, 4) is 0 Å². The highest BCUT2D eigenvalue weighted by atomic mass is 16.6. The number of hydrogen-bond acceptors (Lipinski definition) is 4. The summed E-state index contributed by atoms with van der Waals surface area (Å²) in [5.74, 6) is 1.22. The maximum Gasteiger partial charge on any atom is 0.407 e. The molecule has 1 atom stereocenters. The molecule has 0 aliphatic heterocycles. The van der Waals surface area contributed by atoms with Crippen LogP contribution in [0.2, 0.25) is 0 Å². The molecule has 172 valence electrons. The van der Waals surface area contributed by atoms with E-state index in [-0.39, 0.29) is 12.1 Å². The number of guanidine groups is 1. The van der Waals surface area contributed by atoms with E-state index in [4.69, 9.17) is 4.74 Å². The fraction of sp³-hybridized carbons (Fsp3) is 0.909. The average Bonchev–Trinajstić information content (AvgIpc) is 2.62. The molecule has 1 amide bonds. The van der Waals surface area contributed by atoms with Crippen molar-refractivity contribution in [1.82, 2.24) is 20.4 Å². The van der Waals surface area contributed by atoms with Gasteiger partial charge in [0.2, 0.25) is 0 Å². The maximum absolute atomic E-state index is 12.1. The number of unbranched alkanes of at least 4 members (excludes halogenated alkanes) is 1. The first-order chi connectivity index (χ1) is 13.5. The molecule has 0 saturated carbocycles. The maximum atomic E-state index is 12.1. The highest BCUT2D eigenvalue weighted by molar-refractivity contribution is 5.79. The third-order valence-corrected chi connectivity index (χ3v) is 4.93. The number of alkyl carbamates (subject to hydrolysis) is 1. The molecule has 0 saturated heterocycles. The Labute approximate surface area is 179 Å². The van der Waals surface area contributed by atoms with E-state index in [0.717, 1.165) is 51.5 Å². The van der Waals surface area contributed by atoms with Crippen LogP contribution in [0.4, 0.5) is 4.79 Å². The molecule has 0 bridgehead atoms. The molecular weight excluding hydrogens is 366 g/mol. The molecule has 29 heavy (non-hydrogen) atoms. The lowest BCUT2D eigenvalue weighted by atomic mass is 10.0. The summed E-state index contributed by atoms with van der Waals surface area (Å²) in [6.45, 7) is 19.4. The summed E-state index contributed by atoms with van der Waals surface area (Å²) < 4.78 is 5.40. The highest BCUT2D eigenvalue weighted by Gasteiger charge is 2.22. The van der Waals surface area contributed by atoms with Crippen LogP contribution < -0.4 is 10.6 Å². The lowest BCUT2D eigenvalue weighted by molar-refractivity contribution is 0.0486. The van der Waals surface area contributed by atoms with Gasteiger partial charge in [-0.15, -0.1) is 0 Å². The molecule has 0 fully saturated rings. The number of carbonyl (C=O) groups excluding carboxylic acids is 1. The van der Waals surface area contributed by atoms with Gasteiger partial charge in [-0.3, -0.25) is 4.99 Å². The second kappa shape index (κ2) is 14.5. The van der Waals surface area contributed by atoms with Gasteiger partial charge in [-0.25, -0.2) is 4.79 Å². The van der Waals surface area contributed by atoms with Crippen molar-refractivity contribution in [3.63, 3.8) is 0 Å². The van der Waals surface area contributed by atoms with E-state index in [9.17, 15) is 4.79 Å². The number of carbonyl (C=O) groups is 1. The molecule has 0 spiro atoms. The van der Waals surface area contributed by atoms with Crippen molar-refractivity contribution in [2.45, 2.75) is 79.4 Å². The fourth-order valence-corrected chi connectivity index (χ4v) is 3.05. The van der Waals surface area contributed by atoms with Gasteiger partial charge in [-0.2, -0.15) is 0 Å². The van der Waals surface area contributed by atoms with Crippen LogP contribution in [-0.4, -0.2) is 80.3 Å². The van der Waals surface area contributed by atoms with Crippen LogP contribution in [0.3, 0.4) is 0 Å². The van der Waals surface area contributed by atoms with Crippen molar-refractivity contribution in [2.75, 3.05) is 46.8 Å². The quantitative estimate of drug-likeness (QED) is 0.291. The minimum absolute atomic E-state index is 0.0551. The number of rotatable bonds is 12. The Kier molecular flexibility index (Phi) is 13.7. The summed E-state index contributed by atoms with van der Waals surface area (Å²) in [7, 11) is 3.85. The van der Waals surface area contributed by atoms with Crippen LogP contribution >= 0.6 is 0 Å². The third kappa shape index (κ3) is 13.4. The van der Waals surface area contributed by atoms with Crippen LogP contribution in [0.5, 0.6) is 0 Å². The standard InChI is InChI=1S/C22H47N5O2/c1-10-27(11-2)16-13-12-15-24-20(23-8)26(9)17-14-19(18(3)4)25-21(28)29-22(5,6)7/h18-19H,10-17H2,1-9H3,(H,23,24)(H,25,28). The third-order valence-electron chi connectivity index (χ3n) is 4.93. The lowest BCUT2D eigenvalue weighted by Crippen LogP contribution is -2.45. The molecule has 0 aromatic rings. The predicted molar refractivity (Wildman–Crippen MR) is 124 cm³/mol. The van der Waals surface area contributed by atoms with Gasteiger partial charge in [-0.1, -0.05) is 27.7 Å². The smallest absolute Gasteiger partial charge is 0.407 e. The zero-order valence-corrected chi connectivity index (χ0v) is 20.5. The summed E-state index contributed by atoms with van der Waals surface area (Å²) in [5, 5.41) is 6.46. The lowest BCUT2D eigenvalue weighted by Gasteiger charge is -2.28. The van der Waals surface area contributed by atoms with E-state index in [1.807, 2.05) is 34.9 Å². The van der Waals surface area contributed by atoms with E-state index in [0.29, 0.717) is 5.92 Å². The first-order valence-corrected chi connectivity index (χ1v) is 11.2. The van der Waals surface area contributed by atoms with Crippen molar-refractivity contribution < 1.29 is 9.53 Å². The Bertz CT molecular complexity index is 470. The largest absolute Gasteiger partial charge is 0.444 e. The first kappa shape index (κ1) is 27.5. The molecule has 0 heterocycles. The monoisotopic (exact) mass is 413 g/mol. The van der Waals surface area contributed by atoms with E-state index < -0.39 is 5.60 Å². The SMILES string of the molecule is CCN(CC)CCCCNC(=NC)N(C)CCC(NC(=O)OC(C)(C)C)C(C)C. The zero-order chi connectivity index (χ0) is 22.4. The summed E-state index contributed by atoms with van der Waals surface area (Å²) in [6.07, 6.45) is 2.79. The molecule has 7 nitrogen and oxygen atoms in total. The molecule has 0 radical (unpaired) electrons. The van der Waals surface area contributed by atoms with Gasteiger partial charge >= 0.3 is 6.09 Å². The highest BCUT2D eigenvalue weighted by Crippen LogP contribution is 2.11. The Balaban J connectivity index is 4.39. The van der Waals surface area contributed by atoms with Gasteiger partial charge in [0.05, 0.1) is 0 Å². The molecule has 0 aliphatic rings. The molecule has 7 heteroatoms. The van der Waals surface area contributed by atoms with E-state index in [2.05, 4.69) is 53.1 Å².